The number of nitrogens with zero attached hydrogens (tertiary/aromatic N) is 1. The first-order valence-electron chi connectivity index (χ1n) is 8.37. The predicted molar refractivity (Wildman–Crippen MR) is 101 cm³/mol. The number of carbonyl (C=O) groups excluding carboxylic acids is 2. The van der Waals surface area contributed by atoms with E-state index in [1.807, 2.05) is 0 Å². The zero-order valence-electron chi connectivity index (χ0n) is 15.6. The van der Waals surface area contributed by atoms with Gasteiger partial charge in [-0.15, -0.1) is 0 Å². The molecule has 1 aliphatic rings. The molecule has 2 N–H and O–H groups in total. The fourth-order valence-corrected chi connectivity index (χ4v) is 2.59. The van der Waals surface area contributed by atoms with Gasteiger partial charge in [-0.3, -0.25) is 4.79 Å². The van der Waals surface area contributed by atoms with E-state index >= 15 is 0 Å². The minimum Gasteiger partial charge on any atom is -0.493 e. The van der Waals surface area contributed by atoms with Crippen LogP contribution in [-0.4, -0.2) is 38.6 Å². The lowest BCUT2D eigenvalue weighted by Gasteiger charge is -2.14. The van der Waals surface area contributed by atoms with Crippen molar-refractivity contribution in [2.75, 3.05) is 20.8 Å². The molecule has 2 aromatic carbocycles. The summed E-state index contributed by atoms with van der Waals surface area (Å²) in [5.74, 6) is -1.39. The Morgan fingerprint density at radius 3 is 2.45 bits per heavy atom. The molecule has 0 bridgehead atoms. The monoisotopic (exact) mass is 400 g/mol. The number of hydrogen-bond donors (Lipinski definition) is 1. The summed E-state index contributed by atoms with van der Waals surface area (Å²) in [4.78, 5) is 27.2. The average molecular weight is 400 g/mol. The molecule has 2 aromatic rings. The molecule has 0 saturated heterocycles. The molecule has 150 valence electrons. The molecule has 0 spiro atoms. The van der Waals surface area contributed by atoms with Gasteiger partial charge in [0, 0.05) is 0 Å². The molecular weight excluding hydrogens is 383 g/mol. The summed E-state index contributed by atoms with van der Waals surface area (Å²) in [6, 6.07) is 8.94. The highest BCUT2D eigenvalue weighted by molar-refractivity contribution is 6.13. The molecule has 29 heavy (non-hydrogen) atoms. The number of nitrogens with two attached hydrogens (primary N) is 1. The van der Waals surface area contributed by atoms with Crippen LogP contribution < -0.4 is 19.9 Å². The Hall–Kier alpha value is -3.88. The van der Waals surface area contributed by atoms with Crippen LogP contribution in [0.5, 0.6) is 17.2 Å². The number of esters is 1. The highest BCUT2D eigenvalue weighted by atomic mass is 19.1. The van der Waals surface area contributed by atoms with E-state index in [0.717, 1.165) is 0 Å². The highest BCUT2D eigenvalue weighted by Gasteiger charge is 2.26. The maximum atomic E-state index is 13.9. The third-order valence-electron chi connectivity index (χ3n) is 3.87. The maximum absolute atomic E-state index is 13.9. The van der Waals surface area contributed by atoms with E-state index in [1.165, 1.54) is 38.5 Å². The van der Waals surface area contributed by atoms with Crippen LogP contribution in [0.25, 0.3) is 6.08 Å². The lowest BCUT2D eigenvalue weighted by Crippen LogP contribution is -2.20. The lowest BCUT2D eigenvalue weighted by molar-refractivity contribution is -0.130. The number of carbonyl (C=O) groups is 2. The van der Waals surface area contributed by atoms with Crippen LogP contribution in [0, 0.1) is 5.82 Å². The molecule has 0 atom stereocenters. The Bertz CT molecular complexity index is 1010. The van der Waals surface area contributed by atoms with Gasteiger partial charge in [0.1, 0.15) is 5.82 Å². The van der Waals surface area contributed by atoms with Gasteiger partial charge in [-0.25, -0.2) is 14.2 Å². The Balaban J connectivity index is 1.98. The first kappa shape index (κ1) is 19.9. The Kier molecular flexibility index (Phi) is 5.77. The van der Waals surface area contributed by atoms with Crippen molar-refractivity contribution in [1.82, 2.24) is 0 Å². The summed E-state index contributed by atoms with van der Waals surface area (Å²) < 4.78 is 34.9. The molecule has 1 amide bonds. The largest absolute Gasteiger partial charge is 0.493 e. The number of halogens is 1. The van der Waals surface area contributed by atoms with E-state index in [-0.39, 0.29) is 41.0 Å². The molecule has 3 rings (SSSR count). The normalized spacial score (nSPS) is 14.4. The second-order valence-electron chi connectivity index (χ2n) is 5.83. The van der Waals surface area contributed by atoms with Crippen molar-refractivity contribution in [1.29, 1.82) is 0 Å². The number of cyclic esters (lactones) is 1. The predicted octanol–water partition coefficient (Wildman–Crippen LogP) is 2.05. The van der Waals surface area contributed by atoms with Gasteiger partial charge in [-0.1, -0.05) is 12.1 Å². The number of benzene rings is 2. The van der Waals surface area contributed by atoms with E-state index in [9.17, 15) is 14.0 Å². The van der Waals surface area contributed by atoms with E-state index < -0.39 is 17.7 Å². The van der Waals surface area contributed by atoms with E-state index in [4.69, 9.17) is 24.7 Å². The average Bonchev–Trinajstić information content (AvgIpc) is 3.06. The zero-order valence-corrected chi connectivity index (χ0v) is 15.6. The standard InChI is InChI=1S/C20H17FN2O6/c1-26-15-8-11(9-16(27-2)18(15)28-10-17(22)24)7-14-20(25)29-19(23-14)12-5-3-4-6-13(12)21/h3-9H,10H2,1-2H3,(H2,22,24)/b14-7+. The number of rotatable bonds is 7. The second kappa shape index (κ2) is 8.42. The number of amides is 1. The smallest absolute Gasteiger partial charge is 0.363 e. The number of methoxy groups -OCH3 is 2. The van der Waals surface area contributed by atoms with Crippen molar-refractivity contribution < 1.29 is 32.9 Å². The molecule has 0 radical (unpaired) electrons. The molecule has 9 heteroatoms. The van der Waals surface area contributed by atoms with Crippen molar-refractivity contribution in [3.05, 3.63) is 59.0 Å². The van der Waals surface area contributed by atoms with Gasteiger partial charge in [0.05, 0.1) is 19.8 Å². The van der Waals surface area contributed by atoms with Gasteiger partial charge in [0.2, 0.25) is 11.6 Å². The van der Waals surface area contributed by atoms with Crippen molar-refractivity contribution in [2.45, 2.75) is 0 Å². The topological polar surface area (TPSA) is 109 Å². The molecule has 0 aliphatic carbocycles. The number of hydrogen-bond acceptors (Lipinski definition) is 7. The molecule has 1 heterocycles. The van der Waals surface area contributed by atoms with Crippen LogP contribution in [0.4, 0.5) is 4.39 Å². The zero-order chi connectivity index (χ0) is 21.0. The van der Waals surface area contributed by atoms with E-state index in [1.54, 1.807) is 18.2 Å². The van der Waals surface area contributed by atoms with E-state index in [0.29, 0.717) is 5.56 Å². The molecule has 1 aliphatic heterocycles. The number of ether oxygens (including phenoxy) is 4. The molecule has 0 aromatic heterocycles. The summed E-state index contributed by atoms with van der Waals surface area (Å²) in [6.07, 6.45) is 1.43. The minimum atomic E-state index is -0.727. The molecular formula is C20H17FN2O6. The van der Waals surface area contributed by atoms with Crippen LogP contribution in [0.15, 0.2) is 47.1 Å². The van der Waals surface area contributed by atoms with Crippen LogP contribution in [0.1, 0.15) is 11.1 Å². The summed E-state index contributed by atoms with van der Waals surface area (Å²) in [5, 5.41) is 0. The molecule has 0 unspecified atom stereocenters. The maximum Gasteiger partial charge on any atom is 0.363 e. The van der Waals surface area contributed by atoms with Gasteiger partial charge >= 0.3 is 5.97 Å². The van der Waals surface area contributed by atoms with Crippen LogP contribution in [0.3, 0.4) is 0 Å². The van der Waals surface area contributed by atoms with Crippen molar-refractivity contribution in [2.24, 2.45) is 10.7 Å². The third-order valence-corrected chi connectivity index (χ3v) is 3.87. The fraction of sp³-hybridized carbons (Fsp3) is 0.150. The fourth-order valence-electron chi connectivity index (χ4n) is 2.59. The van der Waals surface area contributed by atoms with Gasteiger partial charge in [-0.05, 0) is 35.9 Å². The summed E-state index contributed by atoms with van der Waals surface area (Å²) in [6.45, 7) is -0.365. The molecule has 0 fully saturated rings. The summed E-state index contributed by atoms with van der Waals surface area (Å²) in [7, 11) is 2.81. The highest BCUT2D eigenvalue weighted by Crippen LogP contribution is 2.39. The Morgan fingerprint density at radius 1 is 1.21 bits per heavy atom. The van der Waals surface area contributed by atoms with E-state index in [2.05, 4.69) is 4.99 Å². The quantitative estimate of drug-likeness (QED) is 0.563. The van der Waals surface area contributed by atoms with Gasteiger partial charge in [0.25, 0.3) is 5.91 Å². The number of aliphatic imine (C=N–C) groups is 1. The minimum absolute atomic E-state index is 0.0295. The van der Waals surface area contributed by atoms with Gasteiger partial charge in [-0.2, -0.15) is 0 Å². The van der Waals surface area contributed by atoms with Crippen molar-refractivity contribution in [3.63, 3.8) is 0 Å². The summed E-state index contributed by atoms with van der Waals surface area (Å²) in [5.41, 5.74) is 5.63. The Labute approximate surface area is 165 Å². The third kappa shape index (κ3) is 4.34. The van der Waals surface area contributed by atoms with Crippen LogP contribution in [0.2, 0.25) is 0 Å². The van der Waals surface area contributed by atoms with Gasteiger partial charge in [0.15, 0.2) is 23.8 Å². The second-order valence-corrected chi connectivity index (χ2v) is 5.83. The van der Waals surface area contributed by atoms with Crippen LogP contribution >= 0.6 is 0 Å². The Morgan fingerprint density at radius 2 is 1.86 bits per heavy atom. The SMILES string of the molecule is COc1cc(/C=C2/N=C(c3ccccc3F)OC2=O)cc(OC)c1OCC(N)=O. The first-order valence-corrected chi connectivity index (χ1v) is 8.37. The first-order chi connectivity index (χ1) is 13.9. The van der Waals surface area contributed by atoms with Crippen LogP contribution in [-0.2, 0) is 14.3 Å². The lowest BCUT2D eigenvalue weighted by atomic mass is 10.1. The van der Waals surface area contributed by atoms with Crippen molar-refractivity contribution >= 4 is 23.9 Å². The molecule has 8 nitrogen and oxygen atoms in total. The molecule has 0 saturated carbocycles. The number of primary amides is 1. The summed E-state index contributed by atoms with van der Waals surface area (Å²) >= 11 is 0. The van der Waals surface area contributed by atoms with Crippen molar-refractivity contribution in [3.8, 4) is 17.2 Å². The van der Waals surface area contributed by atoms with Gasteiger partial charge < -0.3 is 24.7 Å².